The Morgan fingerprint density at radius 3 is 3.07 bits per heavy atom. The Bertz CT molecular complexity index is 327. The van der Waals surface area contributed by atoms with Crippen molar-refractivity contribution in [3.05, 3.63) is 30.1 Å². The maximum absolute atomic E-state index is 4.17. The molecule has 1 N–H and O–H groups in total. The van der Waals surface area contributed by atoms with Gasteiger partial charge in [-0.15, -0.1) is 0 Å². The van der Waals surface area contributed by atoms with Gasteiger partial charge in [0.2, 0.25) is 0 Å². The summed E-state index contributed by atoms with van der Waals surface area (Å²) in [6, 6.07) is 2.98. The highest BCUT2D eigenvalue weighted by Gasteiger charge is 2.14. The predicted octanol–water partition coefficient (Wildman–Crippen LogP) is 1.79. The van der Waals surface area contributed by atoms with E-state index >= 15 is 0 Å². The first-order valence-corrected chi connectivity index (χ1v) is 5.18. The van der Waals surface area contributed by atoms with E-state index < -0.39 is 0 Å². The molecule has 14 heavy (non-hydrogen) atoms. The number of hydrogen-bond donors (Lipinski definition) is 1. The second-order valence-electron chi connectivity index (χ2n) is 3.88. The summed E-state index contributed by atoms with van der Waals surface area (Å²) in [5.41, 5.74) is 1.24. The van der Waals surface area contributed by atoms with Crippen molar-refractivity contribution in [1.82, 2.24) is 15.1 Å². The van der Waals surface area contributed by atoms with Gasteiger partial charge >= 0.3 is 0 Å². The van der Waals surface area contributed by atoms with Crippen molar-refractivity contribution < 1.29 is 0 Å². The SMILES string of the molecule is CC(NC1C=CCC1)c1ccnn1C. The van der Waals surface area contributed by atoms with Gasteiger partial charge in [0.1, 0.15) is 0 Å². The third-order valence-electron chi connectivity index (χ3n) is 2.78. The quantitative estimate of drug-likeness (QED) is 0.738. The number of rotatable bonds is 3. The van der Waals surface area contributed by atoms with Crippen molar-refractivity contribution in [2.45, 2.75) is 31.8 Å². The van der Waals surface area contributed by atoms with Gasteiger partial charge in [-0.05, 0) is 25.8 Å². The first kappa shape index (κ1) is 9.46. The molecule has 0 aromatic carbocycles. The molecular formula is C11H17N3. The van der Waals surface area contributed by atoms with E-state index in [1.165, 1.54) is 18.5 Å². The summed E-state index contributed by atoms with van der Waals surface area (Å²) in [6.07, 6.45) is 8.77. The highest BCUT2D eigenvalue weighted by molar-refractivity contribution is 5.08. The Labute approximate surface area is 84.8 Å². The van der Waals surface area contributed by atoms with Crippen LogP contribution in [-0.4, -0.2) is 15.8 Å². The van der Waals surface area contributed by atoms with Gasteiger partial charge in [0, 0.05) is 25.3 Å². The van der Waals surface area contributed by atoms with Crippen molar-refractivity contribution >= 4 is 0 Å². The third-order valence-corrected chi connectivity index (χ3v) is 2.78. The molecule has 1 aromatic heterocycles. The maximum Gasteiger partial charge on any atom is 0.0547 e. The second-order valence-corrected chi connectivity index (χ2v) is 3.88. The number of nitrogens with zero attached hydrogens (tertiary/aromatic N) is 2. The minimum atomic E-state index is 0.371. The molecule has 0 spiro atoms. The average Bonchev–Trinajstić information content (AvgIpc) is 2.75. The van der Waals surface area contributed by atoms with E-state index in [4.69, 9.17) is 0 Å². The number of aromatic nitrogens is 2. The molecule has 3 heteroatoms. The molecule has 2 atom stereocenters. The van der Waals surface area contributed by atoms with Gasteiger partial charge in [-0.1, -0.05) is 12.2 Å². The summed E-state index contributed by atoms with van der Waals surface area (Å²) >= 11 is 0. The molecule has 2 rings (SSSR count). The topological polar surface area (TPSA) is 29.9 Å². The summed E-state index contributed by atoms with van der Waals surface area (Å²) in [7, 11) is 1.98. The van der Waals surface area contributed by atoms with Crippen LogP contribution in [0.2, 0.25) is 0 Å². The molecule has 2 unspecified atom stereocenters. The summed E-state index contributed by atoms with van der Waals surface area (Å²) < 4.78 is 1.93. The fraction of sp³-hybridized carbons (Fsp3) is 0.545. The normalized spacial score (nSPS) is 22.9. The van der Waals surface area contributed by atoms with Crippen LogP contribution in [0, 0.1) is 0 Å². The molecule has 0 aliphatic heterocycles. The lowest BCUT2D eigenvalue weighted by Gasteiger charge is -2.18. The Morgan fingerprint density at radius 1 is 1.64 bits per heavy atom. The van der Waals surface area contributed by atoms with E-state index in [-0.39, 0.29) is 0 Å². The lowest BCUT2D eigenvalue weighted by molar-refractivity contribution is 0.479. The summed E-state index contributed by atoms with van der Waals surface area (Å²) in [5, 5.41) is 7.75. The molecule has 0 bridgehead atoms. The van der Waals surface area contributed by atoms with E-state index in [1.54, 1.807) is 0 Å². The van der Waals surface area contributed by atoms with Crippen molar-refractivity contribution in [3.63, 3.8) is 0 Å². The van der Waals surface area contributed by atoms with Crippen LogP contribution in [0.5, 0.6) is 0 Å². The molecule has 0 radical (unpaired) electrons. The number of aryl methyl sites for hydroxylation is 1. The fourth-order valence-electron chi connectivity index (χ4n) is 1.99. The van der Waals surface area contributed by atoms with E-state index in [2.05, 4.69) is 35.6 Å². The molecule has 1 aromatic rings. The van der Waals surface area contributed by atoms with Crippen LogP contribution < -0.4 is 5.32 Å². The molecule has 76 valence electrons. The van der Waals surface area contributed by atoms with Gasteiger partial charge in [-0.2, -0.15) is 5.10 Å². The van der Waals surface area contributed by atoms with Gasteiger partial charge in [-0.3, -0.25) is 4.68 Å². The van der Waals surface area contributed by atoms with Crippen molar-refractivity contribution in [2.24, 2.45) is 7.05 Å². The molecule has 0 saturated carbocycles. The molecular weight excluding hydrogens is 174 g/mol. The second kappa shape index (κ2) is 3.96. The van der Waals surface area contributed by atoms with Crippen molar-refractivity contribution in [3.8, 4) is 0 Å². The number of allylic oxidation sites excluding steroid dienone is 1. The van der Waals surface area contributed by atoms with Crippen LogP contribution in [0.1, 0.15) is 31.5 Å². The molecule has 1 aliphatic carbocycles. The highest BCUT2D eigenvalue weighted by Crippen LogP contribution is 2.16. The smallest absolute Gasteiger partial charge is 0.0547 e. The van der Waals surface area contributed by atoms with Gasteiger partial charge < -0.3 is 5.32 Å². The highest BCUT2D eigenvalue weighted by atomic mass is 15.3. The van der Waals surface area contributed by atoms with Crippen LogP contribution in [0.3, 0.4) is 0 Å². The minimum absolute atomic E-state index is 0.371. The molecule has 0 fully saturated rings. The Kier molecular flexibility index (Phi) is 2.68. The summed E-state index contributed by atoms with van der Waals surface area (Å²) in [4.78, 5) is 0. The molecule has 0 amide bonds. The lowest BCUT2D eigenvalue weighted by Crippen LogP contribution is -2.29. The van der Waals surface area contributed by atoms with Crippen LogP contribution in [0.25, 0.3) is 0 Å². The number of nitrogens with one attached hydrogen (secondary N) is 1. The Morgan fingerprint density at radius 2 is 2.50 bits per heavy atom. The Hall–Kier alpha value is -1.09. The summed E-state index contributed by atoms with van der Waals surface area (Å²) in [5.74, 6) is 0. The van der Waals surface area contributed by atoms with E-state index in [0.717, 1.165) is 0 Å². The van der Waals surface area contributed by atoms with Crippen LogP contribution in [0.4, 0.5) is 0 Å². The van der Waals surface area contributed by atoms with Gasteiger partial charge in [0.05, 0.1) is 5.69 Å². The fourth-order valence-corrected chi connectivity index (χ4v) is 1.99. The van der Waals surface area contributed by atoms with Gasteiger partial charge in [0.15, 0.2) is 0 Å². The zero-order chi connectivity index (χ0) is 9.97. The molecule has 0 saturated heterocycles. The number of hydrogen-bond acceptors (Lipinski definition) is 2. The first-order valence-electron chi connectivity index (χ1n) is 5.18. The zero-order valence-corrected chi connectivity index (χ0v) is 8.77. The molecule has 1 heterocycles. The van der Waals surface area contributed by atoms with Crippen LogP contribution >= 0.6 is 0 Å². The van der Waals surface area contributed by atoms with Crippen LogP contribution in [0.15, 0.2) is 24.4 Å². The standard InChI is InChI=1S/C11H17N3/c1-9(11-7-8-12-14(11)2)13-10-5-3-4-6-10/h3,5,7-10,13H,4,6H2,1-2H3. The molecule has 1 aliphatic rings. The van der Waals surface area contributed by atoms with Crippen LogP contribution in [-0.2, 0) is 7.05 Å². The average molecular weight is 191 g/mol. The van der Waals surface area contributed by atoms with Gasteiger partial charge in [-0.25, -0.2) is 0 Å². The monoisotopic (exact) mass is 191 g/mol. The summed E-state index contributed by atoms with van der Waals surface area (Å²) in [6.45, 7) is 2.18. The molecule has 3 nitrogen and oxygen atoms in total. The lowest BCUT2D eigenvalue weighted by atomic mass is 10.2. The van der Waals surface area contributed by atoms with E-state index in [1.807, 2.05) is 17.9 Å². The third kappa shape index (κ3) is 1.87. The van der Waals surface area contributed by atoms with Crippen molar-refractivity contribution in [1.29, 1.82) is 0 Å². The van der Waals surface area contributed by atoms with E-state index in [0.29, 0.717) is 12.1 Å². The Balaban J connectivity index is 1.98. The largest absolute Gasteiger partial charge is 0.303 e. The van der Waals surface area contributed by atoms with Crippen molar-refractivity contribution in [2.75, 3.05) is 0 Å². The maximum atomic E-state index is 4.17. The first-order chi connectivity index (χ1) is 6.77. The van der Waals surface area contributed by atoms with E-state index in [9.17, 15) is 0 Å². The van der Waals surface area contributed by atoms with Gasteiger partial charge in [0.25, 0.3) is 0 Å². The minimum Gasteiger partial charge on any atom is -0.303 e. The predicted molar refractivity (Wildman–Crippen MR) is 56.9 cm³/mol. The zero-order valence-electron chi connectivity index (χ0n) is 8.77.